The number of sulfonamides is 1. The van der Waals surface area contributed by atoms with E-state index in [1.807, 2.05) is 24.3 Å². The number of nitrogens with zero attached hydrogens (tertiary/aromatic N) is 2. The van der Waals surface area contributed by atoms with E-state index in [0.29, 0.717) is 23.7 Å². The first kappa shape index (κ1) is 23.0. The normalized spacial score (nSPS) is 13.9. The average molecular weight is 484 g/mol. The lowest BCUT2D eigenvalue weighted by Gasteiger charge is -2.28. The van der Waals surface area contributed by atoms with Crippen LogP contribution in [0.4, 0.5) is 10.8 Å². The summed E-state index contributed by atoms with van der Waals surface area (Å²) in [5, 5.41) is 2.03. The molecule has 172 valence electrons. The number of nitrogens with one attached hydrogen (secondary N) is 1. The number of carbonyl (C=O) groups is 1. The van der Waals surface area contributed by atoms with E-state index in [4.69, 9.17) is 4.74 Å². The Balaban J connectivity index is 1.57. The predicted octanol–water partition coefficient (Wildman–Crippen LogP) is 4.82. The molecule has 1 amide bonds. The molecular formula is C24H25N3O4S2. The summed E-state index contributed by atoms with van der Waals surface area (Å²) in [4.78, 5) is 18.5. The monoisotopic (exact) mass is 483 g/mol. The van der Waals surface area contributed by atoms with Gasteiger partial charge in [0, 0.05) is 17.5 Å². The molecular weight excluding hydrogens is 458 g/mol. The second-order valence-electron chi connectivity index (χ2n) is 8.68. The number of anilines is 2. The fourth-order valence-electron chi connectivity index (χ4n) is 3.45. The molecule has 4 rings (SSSR count). The molecule has 0 bridgehead atoms. The van der Waals surface area contributed by atoms with Crippen molar-refractivity contribution >= 4 is 38.1 Å². The molecule has 2 aromatic carbocycles. The molecule has 1 aliphatic rings. The minimum atomic E-state index is -3.77. The molecule has 0 saturated carbocycles. The van der Waals surface area contributed by atoms with Gasteiger partial charge >= 0.3 is 0 Å². The zero-order valence-electron chi connectivity index (χ0n) is 18.7. The lowest BCUT2D eigenvalue weighted by molar-refractivity contribution is -0.121. The molecule has 0 unspecified atom stereocenters. The molecule has 0 atom stereocenters. The van der Waals surface area contributed by atoms with Crippen LogP contribution < -0.4 is 14.4 Å². The minimum Gasteiger partial charge on any atom is -0.482 e. The maximum absolute atomic E-state index is 12.8. The Labute approximate surface area is 197 Å². The van der Waals surface area contributed by atoms with Crippen molar-refractivity contribution in [3.63, 3.8) is 0 Å². The van der Waals surface area contributed by atoms with Crippen LogP contribution in [0.2, 0.25) is 0 Å². The van der Waals surface area contributed by atoms with Crippen molar-refractivity contribution in [1.29, 1.82) is 0 Å². The van der Waals surface area contributed by atoms with Crippen molar-refractivity contribution in [3.8, 4) is 17.0 Å². The average Bonchev–Trinajstić information content (AvgIpc) is 3.23. The van der Waals surface area contributed by atoms with E-state index in [2.05, 4.69) is 37.1 Å². The molecule has 0 radical (unpaired) electrons. The van der Waals surface area contributed by atoms with E-state index in [9.17, 15) is 13.2 Å². The van der Waals surface area contributed by atoms with E-state index in [0.717, 1.165) is 11.1 Å². The number of benzene rings is 2. The van der Waals surface area contributed by atoms with Crippen LogP contribution in [0, 0.1) is 0 Å². The molecule has 1 aliphatic heterocycles. The largest absolute Gasteiger partial charge is 0.482 e. The summed E-state index contributed by atoms with van der Waals surface area (Å²) in [6.45, 7) is 10.3. The first-order chi connectivity index (χ1) is 15.6. The Morgan fingerprint density at radius 2 is 1.94 bits per heavy atom. The molecule has 7 nitrogen and oxygen atoms in total. The number of fused-ring (bicyclic) bond motifs is 1. The van der Waals surface area contributed by atoms with Crippen LogP contribution in [0.25, 0.3) is 11.3 Å². The first-order valence-corrected chi connectivity index (χ1v) is 12.7. The highest BCUT2D eigenvalue weighted by Crippen LogP contribution is 2.37. The highest BCUT2D eigenvalue weighted by atomic mass is 32.2. The summed E-state index contributed by atoms with van der Waals surface area (Å²) in [7, 11) is -3.77. The molecule has 0 aliphatic carbocycles. The SMILES string of the molecule is C=CCN1C(=O)COc2ccc(-c3csc(NS(=O)(=O)c4ccc(C(C)(C)C)cc4)n3)cc21. The highest BCUT2D eigenvalue weighted by Gasteiger charge is 2.25. The van der Waals surface area contributed by atoms with Crippen molar-refractivity contribution in [2.24, 2.45) is 0 Å². The number of carbonyl (C=O) groups excluding carboxylic acids is 1. The molecule has 33 heavy (non-hydrogen) atoms. The Morgan fingerprint density at radius 1 is 1.21 bits per heavy atom. The van der Waals surface area contributed by atoms with Crippen LogP contribution in [-0.2, 0) is 20.2 Å². The van der Waals surface area contributed by atoms with Gasteiger partial charge in [-0.15, -0.1) is 17.9 Å². The van der Waals surface area contributed by atoms with E-state index >= 15 is 0 Å². The third kappa shape index (κ3) is 4.79. The van der Waals surface area contributed by atoms with Crippen molar-refractivity contribution in [2.45, 2.75) is 31.1 Å². The van der Waals surface area contributed by atoms with Gasteiger partial charge in [0.25, 0.3) is 15.9 Å². The summed E-state index contributed by atoms with van der Waals surface area (Å²) >= 11 is 1.19. The standard InChI is InChI=1S/C24H25N3O4S2/c1-5-12-27-20-13-16(6-11-21(20)31-14-22(27)28)19-15-32-23(25-19)26-33(29,30)18-9-7-17(8-10-18)24(2,3)4/h5-11,13,15H,1,12,14H2,2-4H3,(H,25,26). The molecule has 1 N–H and O–H groups in total. The van der Waals surface area contributed by atoms with Gasteiger partial charge in [-0.2, -0.15) is 0 Å². The van der Waals surface area contributed by atoms with Gasteiger partial charge in [0.1, 0.15) is 5.75 Å². The first-order valence-electron chi connectivity index (χ1n) is 10.4. The molecule has 0 spiro atoms. The maximum Gasteiger partial charge on any atom is 0.265 e. The Kier molecular flexibility index (Phi) is 6.02. The Hall–Kier alpha value is -3.17. The maximum atomic E-state index is 12.8. The number of hydrogen-bond acceptors (Lipinski definition) is 6. The van der Waals surface area contributed by atoms with Gasteiger partial charge in [-0.05, 0) is 41.3 Å². The molecule has 0 saturated heterocycles. The number of amides is 1. The van der Waals surface area contributed by atoms with Crippen LogP contribution >= 0.6 is 11.3 Å². The molecule has 1 aromatic heterocycles. The smallest absolute Gasteiger partial charge is 0.265 e. The number of rotatable bonds is 6. The van der Waals surface area contributed by atoms with Crippen molar-refractivity contribution in [3.05, 3.63) is 66.1 Å². The van der Waals surface area contributed by atoms with E-state index in [1.54, 1.807) is 34.6 Å². The van der Waals surface area contributed by atoms with Gasteiger partial charge in [0.15, 0.2) is 11.7 Å². The second kappa shape index (κ2) is 8.64. The van der Waals surface area contributed by atoms with Crippen LogP contribution in [0.5, 0.6) is 5.75 Å². The van der Waals surface area contributed by atoms with Gasteiger partial charge in [0.2, 0.25) is 0 Å². The van der Waals surface area contributed by atoms with Crippen LogP contribution in [-0.4, -0.2) is 32.5 Å². The number of aromatic nitrogens is 1. The summed E-state index contributed by atoms with van der Waals surface area (Å²) < 4.78 is 33.7. The zero-order chi connectivity index (χ0) is 23.8. The van der Waals surface area contributed by atoms with Gasteiger partial charge in [0.05, 0.1) is 16.3 Å². The third-order valence-electron chi connectivity index (χ3n) is 5.27. The van der Waals surface area contributed by atoms with Gasteiger partial charge in [-0.25, -0.2) is 13.4 Å². The summed E-state index contributed by atoms with van der Waals surface area (Å²) in [6, 6.07) is 12.3. The second-order valence-corrected chi connectivity index (χ2v) is 11.2. The lowest BCUT2D eigenvalue weighted by atomic mass is 9.87. The van der Waals surface area contributed by atoms with Crippen LogP contribution in [0.1, 0.15) is 26.3 Å². The van der Waals surface area contributed by atoms with Crippen LogP contribution in [0.15, 0.2) is 65.4 Å². The van der Waals surface area contributed by atoms with Gasteiger partial charge < -0.3 is 9.64 Å². The number of ether oxygens (including phenoxy) is 1. The zero-order valence-corrected chi connectivity index (χ0v) is 20.3. The van der Waals surface area contributed by atoms with Crippen molar-refractivity contribution in [2.75, 3.05) is 22.8 Å². The molecule has 2 heterocycles. The topological polar surface area (TPSA) is 88.6 Å². The molecule has 0 fully saturated rings. The quantitative estimate of drug-likeness (QED) is 0.508. The van der Waals surface area contributed by atoms with E-state index in [1.165, 1.54) is 11.3 Å². The minimum absolute atomic E-state index is 0.0143. The van der Waals surface area contributed by atoms with Gasteiger partial charge in [-0.1, -0.05) is 39.0 Å². The van der Waals surface area contributed by atoms with Crippen molar-refractivity contribution < 1.29 is 17.9 Å². The van der Waals surface area contributed by atoms with E-state index in [-0.39, 0.29) is 28.0 Å². The third-order valence-corrected chi connectivity index (χ3v) is 7.51. The summed E-state index contributed by atoms with van der Waals surface area (Å²) in [6.07, 6.45) is 1.66. The van der Waals surface area contributed by atoms with E-state index < -0.39 is 10.0 Å². The summed E-state index contributed by atoms with van der Waals surface area (Å²) in [5.74, 6) is 0.457. The van der Waals surface area contributed by atoms with Crippen molar-refractivity contribution in [1.82, 2.24) is 4.98 Å². The summed E-state index contributed by atoms with van der Waals surface area (Å²) in [5.41, 5.74) is 2.97. The molecule has 9 heteroatoms. The van der Waals surface area contributed by atoms with Gasteiger partial charge in [-0.3, -0.25) is 9.52 Å². The highest BCUT2D eigenvalue weighted by molar-refractivity contribution is 7.93. The fraction of sp³-hybridized carbons (Fsp3) is 0.250. The molecule has 3 aromatic rings. The Morgan fingerprint density at radius 3 is 2.61 bits per heavy atom. The number of thiazole rings is 1. The fourth-order valence-corrected chi connectivity index (χ4v) is 5.42. The van der Waals surface area contributed by atoms with Crippen LogP contribution in [0.3, 0.4) is 0 Å². The number of hydrogen-bond donors (Lipinski definition) is 1. The Bertz CT molecular complexity index is 1310. The lowest BCUT2D eigenvalue weighted by Crippen LogP contribution is -2.38. The predicted molar refractivity (Wildman–Crippen MR) is 132 cm³/mol.